The van der Waals surface area contributed by atoms with Gasteiger partial charge in [-0.05, 0) is 25.7 Å². The van der Waals surface area contributed by atoms with Crippen LogP contribution in [0.4, 0.5) is 0 Å². The zero-order valence-electron chi connectivity index (χ0n) is 8.34. The summed E-state index contributed by atoms with van der Waals surface area (Å²) in [6.45, 7) is 2.03. The van der Waals surface area contributed by atoms with E-state index in [4.69, 9.17) is 0 Å². The van der Waals surface area contributed by atoms with Crippen molar-refractivity contribution in [2.45, 2.75) is 51.9 Å². The van der Waals surface area contributed by atoms with Crippen LogP contribution in [0.5, 0.6) is 0 Å². The van der Waals surface area contributed by atoms with Crippen molar-refractivity contribution in [3.63, 3.8) is 0 Å². The summed E-state index contributed by atoms with van der Waals surface area (Å²) in [5.74, 6) is 0.868. The van der Waals surface area contributed by atoms with Crippen molar-refractivity contribution in [3.05, 3.63) is 0 Å². The minimum Gasteiger partial charge on any atom is -0.300 e. The van der Waals surface area contributed by atoms with Gasteiger partial charge < -0.3 is 0 Å². The molecule has 0 saturated heterocycles. The van der Waals surface area contributed by atoms with Crippen molar-refractivity contribution < 1.29 is 9.59 Å². The predicted molar refractivity (Wildman–Crippen MR) is 51.5 cm³/mol. The molecule has 0 amide bonds. The van der Waals surface area contributed by atoms with Crippen molar-refractivity contribution in [2.24, 2.45) is 5.92 Å². The van der Waals surface area contributed by atoms with Gasteiger partial charge in [0.25, 0.3) is 0 Å². The lowest BCUT2D eigenvalue weighted by Gasteiger charge is -2.10. The highest BCUT2D eigenvalue weighted by Crippen LogP contribution is 2.19. The molecule has 0 spiro atoms. The van der Waals surface area contributed by atoms with Gasteiger partial charge in [0, 0.05) is 25.2 Å². The Morgan fingerprint density at radius 1 is 1.15 bits per heavy atom. The molecule has 0 heterocycles. The normalized spacial score (nSPS) is 26.4. The summed E-state index contributed by atoms with van der Waals surface area (Å²) in [5.41, 5.74) is 0. The van der Waals surface area contributed by atoms with Gasteiger partial charge >= 0.3 is 0 Å². The first kappa shape index (κ1) is 10.4. The van der Waals surface area contributed by atoms with Gasteiger partial charge in [0.05, 0.1) is 0 Å². The third-order valence-corrected chi connectivity index (χ3v) is 2.85. The Balaban J connectivity index is 2.53. The molecule has 2 nitrogen and oxygen atoms in total. The molecule has 1 unspecified atom stereocenters. The van der Waals surface area contributed by atoms with E-state index in [9.17, 15) is 9.59 Å². The van der Waals surface area contributed by atoms with Gasteiger partial charge in [0.2, 0.25) is 0 Å². The Kier molecular flexibility index (Phi) is 4.13. The van der Waals surface area contributed by atoms with Crippen LogP contribution in [0.1, 0.15) is 51.9 Å². The first-order valence-electron chi connectivity index (χ1n) is 5.28. The van der Waals surface area contributed by atoms with Gasteiger partial charge in [-0.2, -0.15) is 0 Å². The van der Waals surface area contributed by atoms with Crippen molar-refractivity contribution >= 4 is 11.6 Å². The van der Waals surface area contributed by atoms with E-state index in [1.807, 2.05) is 6.92 Å². The van der Waals surface area contributed by atoms with E-state index < -0.39 is 0 Å². The van der Waals surface area contributed by atoms with Gasteiger partial charge in [0.1, 0.15) is 11.6 Å². The van der Waals surface area contributed by atoms with E-state index in [0.717, 1.165) is 25.7 Å². The van der Waals surface area contributed by atoms with E-state index in [1.54, 1.807) is 0 Å². The third-order valence-electron chi connectivity index (χ3n) is 2.85. The molecule has 13 heavy (non-hydrogen) atoms. The fourth-order valence-electron chi connectivity index (χ4n) is 1.88. The summed E-state index contributed by atoms with van der Waals surface area (Å²) < 4.78 is 0. The van der Waals surface area contributed by atoms with Gasteiger partial charge in [-0.3, -0.25) is 9.59 Å². The Morgan fingerprint density at radius 2 is 1.85 bits per heavy atom. The summed E-state index contributed by atoms with van der Waals surface area (Å²) in [6.07, 6.45) is 5.47. The Hall–Kier alpha value is -0.660. The number of carbonyl (C=O) groups excluding carboxylic acids is 2. The number of rotatable bonds is 1. The lowest BCUT2D eigenvalue weighted by atomic mass is 9.93. The molecule has 74 valence electrons. The SMILES string of the molecule is CCC1CCC(=O)CCCCC1=O. The van der Waals surface area contributed by atoms with Crippen LogP contribution >= 0.6 is 0 Å². The number of hydrogen-bond donors (Lipinski definition) is 0. The fraction of sp³-hybridized carbons (Fsp3) is 0.818. The van der Waals surface area contributed by atoms with E-state index >= 15 is 0 Å². The number of ketones is 2. The number of Topliss-reactive ketones (excluding diaryl/α,β-unsaturated/α-hetero) is 2. The molecule has 0 aliphatic heterocycles. The molecule has 0 radical (unpaired) electrons. The summed E-state index contributed by atoms with van der Waals surface area (Å²) in [4.78, 5) is 22.8. The third kappa shape index (κ3) is 3.29. The molecule has 0 bridgehead atoms. The van der Waals surface area contributed by atoms with Gasteiger partial charge in [-0.1, -0.05) is 6.92 Å². The van der Waals surface area contributed by atoms with Crippen LogP contribution in [0, 0.1) is 5.92 Å². The summed E-state index contributed by atoms with van der Waals surface area (Å²) >= 11 is 0. The summed E-state index contributed by atoms with van der Waals surface area (Å²) in [6, 6.07) is 0. The molecule has 1 saturated carbocycles. The average molecular weight is 182 g/mol. The molecule has 1 rings (SSSR count). The van der Waals surface area contributed by atoms with E-state index in [-0.39, 0.29) is 5.92 Å². The quantitative estimate of drug-likeness (QED) is 0.624. The average Bonchev–Trinajstić information content (AvgIpc) is 2.19. The Bertz CT molecular complexity index is 196. The maximum absolute atomic E-state index is 11.5. The zero-order valence-corrected chi connectivity index (χ0v) is 8.34. The topological polar surface area (TPSA) is 34.1 Å². The predicted octanol–water partition coefficient (Wildman–Crippen LogP) is 2.51. The Morgan fingerprint density at radius 3 is 2.54 bits per heavy atom. The second kappa shape index (κ2) is 5.15. The molecule has 0 N–H and O–H groups in total. The highest BCUT2D eigenvalue weighted by atomic mass is 16.1. The monoisotopic (exact) mass is 182 g/mol. The van der Waals surface area contributed by atoms with Crippen LogP contribution in [-0.2, 0) is 9.59 Å². The first-order valence-corrected chi connectivity index (χ1v) is 5.28. The fourth-order valence-corrected chi connectivity index (χ4v) is 1.88. The largest absolute Gasteiger partial charge is 0.300 e. The molecule has 1 aliphatic carbocycles. The van der Waals surface area contributed by atoms with Crippen LogP contribution in [0.2, 0.25) is 0 Å². The molecular weight excluding hydrogens is 164 g/mol. The van der Waals surface area contributed by atoms with Crippen molar-refractivity contribution in [2.75, 3.05) is 0 Å². The highest BCUT2D eigenvalue weighted by molar-refractivity contribution is 5.83. The summed E-state index contributed by atoms with van der Waals surface area (Å²) in [5, 5.41) is 0. The number of hydrogen-bond acceptors (Lipinski definition) is 2. The van der Waals surface area contributed by atoms with E-state index in [2.05, 4.69) is 0 Å². The Labute approximate surface area is 79.7 Å². The first-order chi connectivity index (χ1) is 6.24. The molecule has 1 aliphatic rings. The molecule has 0 aromatic heterocycles. The van der Waals surface area contributed by atoms with E-state index in [1.165, 1.54) is 0 Å². The van der Waals surface area contributed by atoms with Gasteiger partial charge in [-0.15, -0.1) is 0 Å². The zero-order chi connectivity index (χ0) is 9.68. The van der Waals surface area contributed by atoms with Crippen LogP contribution in [0.25, 0.3) is 0 Å². The highest BCUT2D eigenvalue weighted by Gasteiger charge is 2.19. The summed E-state index contributed by atoms with van der Waals surface area (Å²) in [7, 11) is 0. The second-order valence-corrected chi connectivity index (χ2v) is 3.86. The minimum absolute atomic E-state index is 0.155. The number of carbonyl (C=O) groups is 2. The van der Waals surface area contributed by atoms with Gasteiger partial charge in [0.15, 0.2) is 0 Å². The van der Waals surface area contributed by atoms with Crippen molar-refractivity contribution in [1.29, 1.82) is 0 Å². The maximum atomic E-state index is 11.5. The van der Waals surface area contributed by atoms with E-state index in [0.29, 0.717) is 30.8 Å². The van der Waals surface area contributed by atoms with Crippen molar-refractivity contribution in [1.82, 2.24) is 0 Å². The molecule has 1 atom stereocenters. The lowest BCUT2D eigenvalue weighted by Crippen LogP contribution is -2.13. The second-order valence-electron chi connectivity index (χ2n) is 3.86. The van der Waals surface area contributed by atoms with Crippen LogP contribution in [-0.4, -0.2) is 11.6 Å². The molecule has 0 aromatic rings. The van der Waals surface area contributed by atoms with Crippen LogP contribution in [0.15, 0.2) is 0 Å². The lowest BCUT2D eigenvalue weighted by molar-refractivity contribution is -0.123. The molecular formula is C11H18O2. The smallest absolute Gasteiger partial charge is 0.135 e. The molecule has 2 heteroatoms. The van der Waals surface area contributed by atoms with Crippen LogP contribution < -0.4 is 0 Å². The van der Waals surface area contributed by atoms with Crippen LogP contribution in [0.3, 0.4) is 0 Å². The minimum atomic E-state index is 0.155. The van der Waals surface area contributed by atoms with Crippen molar-refractivity contribution in [3.8, 4) is 0 Å². The molecule has 0 aromatic carbocycles. The standard InChI is InChI=1S/C11H18O2/c1-2-9-7-8-10(12)5-3-4-6-11(9)13/h9H,2-8H2,1H3. The maximum Gasteiger partial charge on any atom is 0.135 e. The van der Waals surface area contributed by atoms with Gasteiger partial charge in [-0.25, -0.2) is 0 Å². The molecule has 1 fully saturated rings.